The number of anilines is 1. The van der Waals surface area contributed by atoms with E-state index in [1.54, 1.807) is 11.8 Å². The first-order chi connectivity index (χ1) is 16.0. The van der Waals surface area contributed by atoms with Crippen LogP contribution >= 0.6 is 11.8 Å². The summed E-state index contributed by atoms with van der Waals surface area (Å²) in [5.41, 5.74) is 3.79. The van der Waals surface area contributed by atoms with Crippen molar-refractivity contribution in [3.63, 3.8) is 0 Å². The molecule has 2 amide bonds. The van der Waals surface area contributed by atoms with Crippen LogP contribution in [0.25, 0.3) is 0 Å². The largest absolute Gasteiger partial charge is 0.377 e. The van der Waals surface area contributed by atoms with Crippen molar-refractivity contribution in [3.8, 4) is 0 Å². The van der Waals surface area contributed by atoms with E-state index >= 15 is 0 Å². The summed E-state index contributed by atoms with van der Waals surface area (Å²) in [4.78, 5) is 30.9. The molecule has 2 aromatic rings. The van der Waals surface area contributed by atoms with Crippen molar-refractivity contribution < 1.29 is 14.3 Å². The van der Waals surface area contributed by atoms with E-state index in [-0.39, 0.29) is 17.9 Å². The van der Waals surface area contributed by atoms with Crippen LogP contribution in [0, 0.1) is 13.8 Å². The molecule has 176 valence electrons. The average molecular weight is 468 g/mol. The van der Waals surface area contributed by atoms with Crippen molar-refractivity contribution in [2.75, 3.05) is 50.4 Å². The third kappa shape index (κ3) is 6.16. The Morgan fingerprint density at radius 2 is 1.76 bits per heavy atom. The van der Waals surface area contributed by atoms with Crippen molar-refractivity contribution >= 4 is 29.3 Å². The number of aryl methyl sites for hydroxylation is 2. The molecule has 2 aliphatic heterocycles. The number of nitrogens with one attached hydrogen (secondary N) is 1. The molecule has 1 unspecified atom stereocenters. The fourth-order valence-electron chi connectivity index (χ4n) is 4.40. The fourth-order valence-corrected chi connectivity index (χ4v) is 5.51. The van der Waals surface area contributed by atoms with E-state index in [1.807, 2.05) is 61.2 Å². The quantitative estimate of drug-likeness (QED) is 0.625. The van der Waals surface area contributed by atoms with E-state index in [0.29, 0.717) is 32.7 Å². The van der Waals surface area contributed by atoms with Gasteiger partial charge in [0.1, 0.15) is 0 Å². The SMILES string of the molecule is Cc1cccc(C)c1NC(=O)CN1CCN(C(=O)c2ccccc2SCC2CCCO2)CC1. The van der Waals surface area contributed by atoms with Gasteiger partial charge in [-0.3, -0.25) is 14.5 Å². The van der Waals surface area contributed by atoms with E-state index in [1.165, 1.54) is 0 Å². The Balaban J connectivity index is 1.29. The Kier molecular flexibility index (Phi) is 8.06. The molecule has 2 aromatic carbocycles. The molecule has 2 saturated heterocycles. The zero-order chi connectivity index (χ0) is 23.2. The van der Waals surface area contributed by atoms with Crippen LogP contribution in [0.15, 0.2) is 47.4 Å². The lowest BCUT2D eigenvalue weighted by molar-refractivity contribution is -0.117. The molecule has 0 radical (unpaired) electrons. The van der Waals surface area contributed by atoms with E-state index in [4.69, 9.17) is 4.74 Å². The van der Waals surface area contributed by atoms with E-state index in [0.717, 1.165) is 52.5 Å². The Morgan fingerprint density at radius 3 is 2.45 bits per heavy atom. The smallest absolute Gasteiger partial charge is 0.255 e. The van der Waals surface area contributed by atoms with Crippen LogP contribution in [-0.4, -0.2) is 72.8 Å². The molecular formula is C26H33N3O3S. The van der Waals surface area contributed by atoms with E-state index < -0.39 is 0 Å². The predicted molar refractivity (Wildman–Crippen MR) is 133 cm³/mol. The second kappa shape index (κ2) is 11.2. The van der Waals surface area contributed by atoms with Crippen molar-refractivity contribution in [1.29, 1.82) is 0 Å². The summed E-state index contributed by atoms with van der Waals surface area (Å²) >= 11 is 1.71. The van der Waals surface area contributed by atoms with Gasteiger partial charge in [0.25, 0.3) is 5.91 Å². The third-order valence-electron chi connectivity index (χ3n) is 6.34. The molecule has 6 nitrogen and oxygen atoms in total. The van der Waals surface area contributed by atoms with E-state index in [9.17, 15) is 9.59 Å². The van der Waals surface area contributed by atoms with Gasteiger partial charge in [-0.15, -0.1) is 11.8 Å². The molecule has 7 heteroatoms. The lowest BCUT2D eigenvalue weighted by Gasteiger charge is -2.34. The molecule has 0 spiro atoms. The highest BCUT2D eigenvalue weighted by molar-refractivity contribution is 7.99. The summed E-state index contributed by atoms with van der Waals surface area (Å²) in [6.45, 7) is 7.82. The number of para-hydroxylation sites is 1. The summed E-state index contributed by atoms with van der Waals surface area (Å²) in [6.07, 6.45) is 2.51. The predicted octanol–water partition coefficient (Wildman–Crippen LogP) is 3.97. The summed E-state index contributed by atoms with van der Waals surface area (Å²) in [6, 6.07) is 13.9. The lowest BCUT2D eigenvalue weighted by atomic mass is 10.1. The van der Waals surface area contributed by atoms with Gasteiger partial charge in [-0.25, -0.2) is 0 Å². The Hall–Kier alpha value is -2.35. The molecule has 4 rings (SSSR count). The van der Waals surface area contributed by atoms with Crippen molar-refractivity contribution in [2.24, 2.45) is 0 Å². The molecule has 2 heterocycles. The number of nitrogens with zero attached hydrogens (tertiary/aromatic N) is 2. The number of carbonyl (C=O) groups excluding carboxylic acids is 2. The summed E-state index contributed by atoms with van der Waals surface area (Å²) in [5, 5.41) is 3.06. The van der Waals surface area contributed by atoms with E-state index in [2.05, 4.69) is 10.2 Å². The highest BCUT2D eigenvalue weighted by Crippen LogP contribution is 2.28. The minimum atomic E-state index is -0.0111. The highest BCUT2D eigenvalue weighted by atomic mass is 32.2. The second-order valence-corrected chi connectivity index (χ2v) is 9.89. The Morgan fingerprint density at radius 1 is 1.03 bits per heavy atom. The van der Waals surface area contributed by atoms with Gasteiger partial charge in [0, 0.05) is 49.1 Å². The number of carbonyl (C=O) groups is 2. The van der Waals surface area contributed by atoms with Crippen molar-refractivity contribution in [2.45, 2.75) is 37.7 Å². The highest BCUT2D eigenvalue weighted by Gasteiger charge is 2.25. The normalized spacial score (nSPS) is 19.0. The molecule has 1 N–H and O–H groups in total. The van der Waals surface area contributed by atoms with Crippen LogP contribution in [0.1, 0.15) is 34.3 Å². The molecule has 2 fully saturated rings. The number of rotatable bonds is 7. The molecule has 0 aliphatic carbocycles. The molecule has 0 saturated carbocycles. The van der Waals surface area contributed by atoms with Gasteiger partial charge < -0.3 is 15.0 Å². The average Bonchev–Trinajstić information content (AvgIpc) is 3.34. The van der Waals surface area contributed by atoms with Crippen LogP contribution < -0.4 is 5.32 Å². The minimum absolute atomic E-state index is 0.0111. The first kappa shape index (κ1) is 23.8. The van der Waals surface area contributed by atoms with Gasteiger partial charge in [0.05, 0.1) is 18.2 Å². The van der Waals surface area contributed by atoms with Crippen LogP contribution in [0.5, 0.6) is 0 Å². The van der Waals surface area contributed by atoms with Crippen LogP contribution in [-0.2, 0) is 9.53 Å². The first-order valence-corrected chi connectivity index (χ1v) is 12.7. The lowest BCUT2D eigenvalue weighted by Crippen LogP contribution is -2.50. The second-order valence-electron chi connectivity index (χ2n) is 8.83. The van der Waals surface area contributed by atoms with Crippen LogP contribution in [0.4, 0.5) is 5.69 Å². The molecule has 0 bridgehead atoms. The van der Waals surface area contributed by atoms with Gasteiger partial charge in [-0.2, -0.15) is 0 Å². The van der Waals surface area contributed by atoms with Gasteiger partial charge in [0.15, 0.2) is 0 Å². The van der Waals surface area contributed by atoms with Gasteiger partial charge in [0.2, 0.25) is 5.91 Å². The number of hydrogen-bond acceptors (Lipinski definition) is 5. The number of piperazine rings is 1. The number of amides is 2. The first-order valence-electron chi connectivity index (χ1n) is 11.7. The zero-order valence-electron chi connectivity index (χ0n) is 19.5. The summed E-state index contributed by atoms with van der Waals surface area (Å²) < 4.78 is 5.73. The maximum Gasteiger partial charge on any atom is 0.255 e. The number of thioether (sulfide) groups is 1. The molecule has 0 aromatic heterocycles. The van der Waals surface area contributed by atoms with Crippen molar-refractivity contribution in [1.82, 2.24) is 9.80 Å². The fraction of sp³-hybridized carbons (Fsp3) is 0.462. The monoisotopic (exact) mass is 467 g/mol. The third-order valence-corrected chi connectivity index (χ3v) is 7.54. The Bertz CT molecular complexity index is 962. The summed E-state index contributed by atoms with van der Waals surface area (Å²) in [5.74, 6) is 0.946. The van der Waals surface area contributed by atoms with Gasteiger partial charge >= 0.3 is 0 Å². The summed E-state index contributed by atoms with van der Waals surface area (Å²) in [7, 11) is 0. The maximum absolute atomic E-state index is 13.2. The number of ether oxygens (including phenoxy) is 1. The molecule has 1 atom stereocenters. The zero-order valence-corrected chi connectivity index (χ0v) is 20.3. The topological polar surface area (TPSA) is 61.9 Å². The van der Waals surface area contributed by atoms with Gasteiger partial charge in [-0.1, -0.05) is 30.3 Å². The van der Waals surface area contributed by atoms with Crippen molar-refractivity contribution in [3.05, 3.63) is 59.2 Å². The molecule has 33 heavy (non-hydrogen) atoms. The van der Waals surface area contributed by atoms with Crippen LogP contribution in [0.2, 0.25) is 0 Å². The maximum atomic E-state index is 13.2. The minimum Gasteiger partial charge on any atom is -0.377 e. The molecular weight excluding hydrogens is 434 g/mol. The standard InChI is InChI=1S/C26H33N3O3S/c1-19-7-5-8-20(2)25(19)27-24(30)17-28-12-14-29(15-13-28)26(31)22-10-3-4-11-23(22)33-18-21-9-6-16-32-21/h3-5,7-8,10-11,21H,6,9,12-18H2,1-2H3,(H,27,30). The molecule has 2 aliphatic rings. The number of hydrogen-bond donors (Lipinski definition) is 1. The number of benzene rings is 2. The van der Waals surface area contributed by atoms with Crippen LogP contribution in [0.3, 0.4) is 0 Å². The Labute approximate surface area is 200 Å². The van der Waals surface area contributed by atoms with Gasteiger partial charge in [-0.05, 0) is 49.9 Å².